The zero-order chi connectivity index (χ0) is 18.9. The van der Waals surface area contributed by atoms with Crippen LogP contribution in [-0.4, -0.2) is 48.0 Å². The highest BCUT2D eigenvalue weighted by atomic mass is 16.6. The quantitative estimate of drug-likeness (QED) is 0.345. The van der Waals surface area contributed by atoms with Gasteiger partial charge in [-0.15, -0.1) is 0 Å². The molecule has 140 valence electrons. The van der Waals surface area contributed by atoms with Crippen LogP contribution in [0, 0.1) is 5.92 Å². The van der Waals surface area contributed by atoms with E-state index < -0.39 is 6.10 Å². The van der Waals surface area contributed by atoms with Crippen molar-refractivity contribution in [3.63, 3.8) is 0 Å². The molecule has 1 aromatic carbocycles. The number of likely N-dealkylation sites (N-methyl/N-ethyl adjacent to an activating group) is 1. The fourth-order valence-corrected chi connectivity index (χ4v) is 5.53. The van der Waals surface area contributed by atoms with Crippen molar-refractivity contribution < 1.29 is 28.4 Å². The molecule has 0 N–H and O–H groups in total. The maximum absolute atomic E-state index is 11.7. The number of hydrogen-bond acceptors (Lipinski definition) is 5. The van der Waals surface area contributed by atoms with Crippen molar-refractivity contribution in [2.24, 2.45) is 5.92 Å². The zero-order valence-electron chi connectivity index (χ0n) is 15.6. The third kappa shape index (κ3) is 2.10. The molecule has 5 rings (SSSR count). The van der Waals surface area contributed by atoms with E-state index in [9.17, 15) is 9.59 Å². The Morgan fingerprint density at radius 2 is 2.04 bits per heavy atom. The average molecular weight is 368 g/mol. The molecule has 0 radical (unpaired) electrons. The third-order valence-electron chi connectivity index (χ3n) is 6.47. The molecule has 0 saturated heterocycles. The Morgan fingerprint density at radius 3 is 2.78 bits per heavy atom. The molecule has 0 amide bonds. The van der Waals surface area contributed by atoms with Crippen molar-refractivity contribution in [1.82, 2.24) is 0 Å². The number of nitrogens with zero attached hydrogens (tertiary/aromatic N) is 1. The lowest BCUT2D eigenvalue weighted by Gasteiger charge is -2.49. The first-order valence-electron chi connectivity index (χ1n) is 9.34. The van der Waals surface area contributed by atoms with E-state index in [1.807, 2.05) is 18.2 Å². The van der Waals surface area contributed by atoms with Gasteiger partial charge in [0.2, 0.25) is 0 Å². The molecule has 1 aromatic rings. The molecule has 2 aliphatic carbocycles. The molecule has 2 bridgehead atoms. The summed E-state index contributed by atoms with van der Waals surface area (Å²) in [6, 6.07) is 4.20. The van der Waals surface area contributed by atoms with E-state index in [1.54, 1.807) is 0 Å². The first-order valence-corrected chi connectivity index (χ1v) is 9.34. The van der Waals surface area contributed by atoms with Crippen LogP contribution in [0.2, 0.25) is 0 Å². The van der Waals surface area contributed by atoms with E-state index >= 15 is 0 Å². The number of ether oxygens (including phenoxy) is 3. The lowest BCUT2D eigenvalue weighted by molar-refractivity contribution is -0.552. The topological polar surface area (TPSA) is 64.8 Å². The van der Waals surface area contributed by atoms with Crippen molar-refractivity contribution in [2.45, 2.75) is 50.4 Å². The minimum atomic E-state index is -0.459. The molecule has 0 aromatic heterocycles. The van der Waals surface area contributed by atoms with Crippen LogP contribution >= 0.6 is 0 Å². The van der Waals surface area contributed by atoms with E-state index in [-0.39, 0.29) is 29.4 Å². The molecule has 0 unspecified atom stereocenters. The Hall–Kier alpha value is -2.63. The number of benzene rings is 1. The fraction of sp³-hybridized carbons (Fsp3) is 0.476. The average Bonchev–Trinajstić information content (AvgIpc) is 2.95. The van der Waals surface area contributed by atoms with E-state index in [0.717, 1.165) is 18.4 Å². The molecule has 5 atom stereocenters. The van der Waals surface area contributed by atoms with Crippen molar-refractivity contribution in [1.29, 1.82) is 0 Å². The number of rotatable bonds is 2. The van der Waals surface area contributed by atoms with Crippen molar-refractivity contribution >= 4 is 18.2 Å². The summed E-state index contributed by atoms with van der Waals surface area (Å²) in [5, 5.41) is 0. The second-order valence-electron chi connectivity index (χ2n) is 7.91. The van der Waals surface area contributed by atoms with Gasteiger partial charge in [0.25, 0.3) is 0 Å². The predicted octanol–water partition coefficient (Wildman–Crippen LogP) is 1.77. The minimum absolute atomic E-state index is 0.255. The summed E-state index contributed by atoms with van der Waals surface area (Å²) in [6.07, 6.45) is 7.29. The van der Waals surface area contributed by atoms with Crippen LogP contribution in [0.1, 0.15) is 31.4 Å². The van der Waals surface area contributed by atoms with Gasteiger partial charge in [-0.3, -0.25) is 9.59 Å². The van der Waals surface area contributed by atoms with Crippen LogP contribution in [0.5, 0.6) is 11.5 Å². The Kier molecular flexibility index (Phi) is 3.33. The summed E-state index contributed by atoms with van der Waals surface area (Å²) in [4.78, 5) is 23.3. The van der Waals surface area contributed by atoms with Gasteiger partial charge >= 0.3 is 11.9 Å². The van der Waals surface area contributed by atoms with Gasteiger partial charge in [-0.1, -0.05) is 12.1 Å². The molecule has 0 fully saturated rings. The molecule has 27 heavy (non-hydrogen) atoms. The lowest BCUT2D eigenvalue weighted by Crippen LogP contribution is -2.62. The number of esters is 2. The molecule has 1 spiro atoms. The highest BCUT2D eigenvalue weighted by molar-refractivity contribution is 5.74. The Balaban J connectivity index is 1.73. The second kappa shape index (κ2) is 5.44. The van der Waals surface area contributed by atoms with Crippen LogP contribution in [0.15, 0.2) is 24.3 Å². The number of hydrogen-bond donors (Lipinski definition) is 0. The minimum Gasteiger partial charge on any atom is -0.481 e. The summed E-state index contributed by atoms with van der Waals surface area (Å²) in [7, 11) is 2.12. The predicted molar refractivity (Wildman–Crippen MR) is 96.4 cm³/mol. The van der Waals surface area contributed by atoms with Gasteiger partial charge in [0.05, 0.1) is 11.3 Å². The molecule has 2 heterocycles. The van der Waals surface area contributed by atoms with Gasteiger partial charge in [-0.05, 0) is 17.7 Å². The molecular formula is C21H22NO5+. The third-order valence-corrected chi connectivity index (χ3v) is 6.47. The van der Waals surface area contributed by atoms with Crippen LogP contribution in [0.25, 0.3) is 0 Å². The first-order chi connectivity index (χ1) is 12.9. The van der Waals surface area contributed by atoms with Crippen LogP contribution in [-0.2, 0) is 26.2 Å². The highest BCUT2D eigenvalue weighted by Gasteiger charge is 2.66. The fourth-order valence-electron chi connectivity index (χ4n) is 5.53. The molecule has 4 aliphatic rings. The number of carbonyl (C=O) groups excluding carboxylic acids is 2. The molecule has 6 heteroatoms. The highest BCUT2D eigenvalue weighted by Crippen LogP contribution is 2.61. The van der Waals surface area contributed by atoms with Gasteiger partial charge in [0.15, 0.2) is 29.7 Å². The SMILES string of the molecule is CC(=O)Oc1ccc2c3c1O[C@H]1[C@@H](OC(C)=O)C=C[C@H]4[C@@H](C2)[N+](C)=CC[C@@]341. The summed E-state index contributed by atoms with van der Waals surface area (Å²) in [5.41, 5.74) is 2.05. The van der Waals surface area contributed by atoms with Crippen molar-refractivity contribution in [2.75, 3.05) is 7.05 Å². The summed E-state index contributed by atoms with van der Waals surface area (Å²) < 4.78 is 19.7. The first kappa shape index (κ1) is 16.5. The van der Waals surface area contributed by atoms with E-state index in [0.29, 0.717) is 17.5 Å². The van der Waals surface area contributed by atoms with Gasteiger partial charge in [-0.2, -0.15) is 0 Å². The van der Waals surface area contributed by atoms with Crippen LogP contribution in [0.3, 0.4) is 0 Å². The lowest BCUT2D eigenvalue weighted by atomic mass is 9.54. The molecule has 0 saturated carbocycles. The number of carbonyl (C=O) groups is 2. The summed E-state index contributed by atoms with van der Waals surface area (Å²) in [6.45, 7) is 2.80. The van der Waals surface area contributed by atoms with Crippen LogP contribution in [0.4, 0.5) is 0 Å². The van der Waals surface area contributed by atoms with Gasteiger partial charge < -0.3 is 14.2 Å². The molecule has 6 nitrogen and oxygen atoms in total. The summed E-state index contributed by atoms with van der Waals surface area (Å²) in [5.74, 6) is 0.629. The smallest absolute Gasteiger partial charge is 0.308 e. The second-order valence-corrected chi connectivity index (χ2v) is 7.91. The van der Waals surface area contributed by atoms with E-state index in [4.69, 9.17) is 14.2 Å². The molecular weight excluding hydrogens is 346 g/mol. The maximum atomic E-state index is 11.7. The molecule has 2 aliphatic heterocycles. The van der Waals surface area contributed by atoms with E-state index in [1.165, 1.54) is 19.4 Å². The Bertz CT molecular complexity index is 933. The van der Waals surface area contributed by atoms with Gasteiger partial charge in [0.1, 0.15) is 13.3 Å². The Labute approximate surface area is 157 Å². The van der Waals surface area contributed by atoms with Crippen molar-refractivity contribution in [3.05, 3.63) is 35.4 Å². The van der Waals surface area contributed by atoms with E-state index in [2.05, 4.69) is 23.9 Å². The summed E-state index contributed by atoms with van der Waals surface area (Å²) >= 11 is 0. The maximum Gasteiger partial charge on any atom is 0.308 e. The van der Waals surface area contributed by atoms with Gasteiger partial charge in [-0.25, -0.2) is 4.58 Å². The standard InChI is InChI=1S/C21H22NO5/c1-11(23)25-16-6-4-13-10-15-14-5-7-17(26-12(2)24)20-21(14,8-9-22(15)3)18(13)19(16)27-20/h4-7,9,14-15,17,20H,8,10H2,1-3H3/q+1/t14-,15+,17-,20-,21-/m0/s1. The normalized spacial score (nSPS) is 34.3. The Morgan fingerprint density at radius 1 is 1.22 bits per heavy atom. The van der Waals surface area contributed by atoms with Crippen LogP contribution < -0.4 is 9.47 Å². The van der Waals surface area contributed by atoms with Gasteiger partial charge in [0, 0.05) is 32.3 Å². The largest absolute Gasteiger partial charge is 0.481 e. The van der Waals surface area contributed by atoms with Crippen molar-refractivity contribution in [3.8, 4) is 11.5 Å². The monoisotopic (exact) mass is 368 g/mol. The zero-order valence-corrected chi connectivity index (χ0v) is 15.6.